The van der Waals surface area contributed by atoms with Crippen molar-refractivity contribution in [3.8, 4) is 5.75 Å². The molecule has 1 aliphatic rings. The number of rotatable bonds is 2. The fraction of sp³-hybridized carbons (Fsp3) is 0.471. The molecule has 7 nitrogen and oxygen atoms in total. The minimum absolute atomic E-state index is 0.188. The van der Waals surface area contributed by atoms with Crippen molar-refractivity contribution in [2.45, 2.75) is 45.9 Å². The molecule has 2 heterocycles. The second-order valence-electron chi connectivity index (χ2n) is 6.68. The first-order chi connectivity index (χ1) is 11.3. The number of hydrogen-bond donors (Lipinski definition) is 1. The van der Waals surface area contributed by atoms with Crippen molar-refractivity contribution in [3.05, 3.63) is 41.5 Å². The molecule has 0 saturated carbocycles. The maximum Gasteiger partial charge on any atom is 0.318 e. The molecule has 1 aliphatic heterocycles. The Morgan fingerprint density at radius 2 is 2.12 bits per heavy atom. The van der Waals surface area contributed by atoms with E-state index < -0.39 is 5.60 Å². The van der Waals surface area contributed by atoms with Crippen LogP contribution in [0.4, 0.5) is 4.79 Å². The molecule has 0 fully saturated rings. The van der Waals surface area contributed by atoms with Gasteiger partial charge in [-0.2, -0.15) is 4.98 Å². The van der Waals surface area contributed by atoms with E-state index in [0.29, 0.717) is 24.8 Å². The number of nitrogens with one attached hydrogen (secondary N) is 1. The van der Waals surface area contributed by atoms with Crippen molar-refractivity contribution in [3.63, 3.8) is 0 Å². The van der Waals surface area contributed by atoms with E-state index in [9.17, 15) is 4.79 Å². The van der Waals surface area contributed by atoms with Gasteiger partial charge in [0.1, 0.15) is 17.4 Å². The molecule has 0 saturated heterocycles. The number of urea groups is 1. The zero-order chi connectivity index (χ0) is 17.3. The van der Waals surface area contributed by atoms with Crippen LogP contribution in [0.2, 0.25) is 0 Å². The van der Waals surface area contributed by atoms with Crippen LogP contribution in [-0.4, -0.2) is 33.2 Å². The number of aryl methyl sites for hydroxylation is 1. The quantitative estimate of drug-likeness (QED) is 0.916. The number of para-hydroxylation sites is 1. The predicted molar refractivity (Wildman–Crippen MR) is 87.5 cm³/mol. The molecule has 2 aromatic rings. The van der Waals surface area contributed by atoms with E-state index in [1.807, 2.05) is 45.0 Å². The summed E-state index contributed by atoms with van der Waals surface area (Å²) in [5, 5.41) is 6.67. The van der Waals surface area contributed by atoms with Gasteiger partial charge in [-0.3, -0.25) is 0 Å². The Labute approximate surface area is 141 Å². The summed E-state index contributed by atoms with van der Waals surface area (Å²) in [6, 6.07) is 7.24. The summed E-state index contributed by atoms with van der Waals surface area (Å²) in [5.74, 6) is 1.76. The predicted octanol–water partition coefficient (Wildman–Crippen LogP) is 2.82. The third-order valence-electron chi connectivity index (χ3n) is 3.83. The smallest absolute Gasteiger partial charge is 0.318 e. The number of carbonyl (C=O) groups is 1. The van der Waals surface area contributed by atoms with Gasteiger partial charge in [0.25, 0.3) is 0 Å². The van der Waals surface area contributed by atoms with Crippen LogP contribution in [0, 0.1) is 6.92 Å². The van der Waals surface area contributed by atoms with Gasteiger partial charge in [0.15, 0.2) is 5.82 Å². The molecule has 24 heavy (non-hydrogen) atoms. The second-order valence-corrected chi connectivity index (χ2v) is 6.68. The summed E-state index contributed by atoms with van der Waals surface area (Å²) in [6.07, 6.45) is 0. The topological polar surface area (TPSA) is 80.5 Å². The number of hydrogen-bond acceptors (Lipinski definition) is 5. The summed E-state index contributed by atoms with van der Waals surface area (Å²) in [4.78, 5) is 18.6. The van der Waals surface area contributed by atoms with Gasteiger partial charge in [-0.1, -0.05) is 23.4 Å². The lowest BCUT2D eigenvalue weighted by Crippen LogP contribution is -2.47. The van der Waals surface area contributed by atoms with E-state index in [1.165, 1.54) is 0 Å². The highest BCUT2D eigenvalue weighted by Crippen LogP contribution is 2.29. The van der Waals surface area contributed by atoms with Crippen LogP contribution in [0.5, 0.6) is 5.75 Å². The third kappa shape index (κ3) is 3.50. The zero-order valence-corrected chi connectivity index (χ0v) is 14.4. The van der Waals surface area contributed by atoms with Gasteiger partial charge in [-0.05, 0) is 33.8 Å². The van der Waals surface area contributed by atoms with Crippen molar-refractivity contribution in [1.82, 2.24) is 20.4 Å². The summed E-state index contributed by atoms with van der Waals surface area (Å²) >= 11 is 0. The van der Waals surface area contributed by atoms with Crippen LogP contribution in [0.1, 0.15) is 44.1 Å². The number of benzene rings is 1. The van der Waals surface area contributed by atoms with Gasteiger partial charge in [0.2, 0.25) is 5.89 Å². The van der Waals surface area contributed by atoms with Crippen LogP contribution in [-0.2, 0) is 6.54 Å². The molecule has 1 aromatic carbocycles. The van der Waals surface area contributed by atoms with E-state index in [4.69, 9.17) is 9.26 Å². The molecule has 1 atom stereocenters. The summed E-state index contributed by atoms with van der Waals surface area (Å²) < 4.78 is 11.2. The van der Waals surface area contributed by atoms with E-state index >= 15 is 0 Å². The molecule has 2 amide bonds. The number of nitrogens with zero attached hydrogens (tertiary/aromatic N) is 3. The van der Waals surface area contributed by atoms with Crippen LogP contribution >= 0.6 is 0 Å². The number of aromatic nitrogens is 2. The van der Waals surface area contributed by atoms with Crippen molar-refractivity contribution in [2.24, 2.45) is 0 Å². The van der Waals surface area contributed by atoms with Gasteiger partial charge < -0.3 is 19.5 Å². The molecule has 0 aliphatic carbocycles. The SMILES string of the molecule is Cc1noc(C(C)NC(=O)N2Cc3ccccc3OC(C)(C)C2)n1. The normalized spacial score (nSPS) is 17.4. The van der Waals surface area contributed by atoms with Crippen molar-refractivity contribution >= 4 is 6.03 Å². The molecule has 3 rings (SSSR count). The Hall–Kier alpha value is -2.57. The third-order valence-corrected chi connectivity index (χ3v) is 3.83. The van der Waals surface area contributed by atoms with Crippen molar-refractivity contribution < 1.29 is 14.1 Å². The summed E-state index contributed by atoms with van der Waals surface area (Å²) in [7, 11) is 0. The van der Waals surface area contributed by atoms with Gasteiger partial charge in [-0.25, -0.2) is 4.79 Å². The summed E-state index contributed by atoms with van der Waals surface area (Å²) in [6.45, 7) is 8.47. The second kappa shape index (κ2) is 6.14. The molecular weight excluding hydrogens is 308 g/mol. The maximum atomic E-state index is 12.7. The highest BCUT2D eigenvalue weighted by atomic mass is 16.5. The molecule has 0 bridgehead atoms. The van der Waals surface area contributed by atoms with Crippen LogP contribution < -0.4 is 10.1 Å². The number of amides is 2. The lowest BCUT2D eigenvalue weighted by Gasteiger charge is -2.30. The Bertz CT molecular complexity index is 741. The Balaban J connectivity index is 1.76. The van der Waals surface area contributed by atoms with Crippen molar-refractivity contribution in [2.75, 3.05) is 6.54 Å². The Morgan fingerprint density at radius 1 is 1.38 bits per heavy atom. The van der Waals surface area contributed by atoms with Gasteiger partial charge in [0, 0.05) is 5.56 Å². The average molecular weight is 330 g/mol. The minimum atomic E-state index is -0.478. The molecular formula is C17H22N4O3. The molecule has 0 spiro atoms. The minimum Gasteiger partial charge on any atom is -0.486 e. The van der Waals surface area contributed by atoms with Gasteiger partial charge in [0.05, 0.1) is 13.1 Å². The zero-order valence-electron chi connectivity index (χ0n) is 14.4. The molecule has 7 heteroatoms. The van der Waals surface area contributed by atoms with Crippen molar-refractivity contribution in [1.29, 1.82) is 0 Å². The van der Waals surface area contributed by atoms with E-state index in [2.05, 4.69) is 15.5 Å². The summed E-state index contributed by atoms with van der Waals surface area (Å²) in [5.41, 5.74) is 0.508. The lowest BCUT2D eigenvalue weighted by molar-refractivity contribution is 0.0799. The lowest BCUT2D eigenvalue weighted by atomic mass is 10.1. The number of ether oxygens (including phenoxy) is 1. The maximum absolute atomic E-state index is 12.7. The van der Waals surface area contributed by atoms with Crippen LogP contribution in [0.3, 0.4) is 0 Å². The van der Waals surface area contributed by atoms with Crippen LogP contribution in [0.25, 0.3) is 0 Å². The highest BCUT2D eigenvalue weighted by Gasteiger charge is 2.32. The first kappa shape index (κ1) is 16.3. The highest BCUT2D eigenvalue weighted by molar-refractivity contribution is 5.75. The Morgan fingerprint density at radius 3 is 2.83 bits per heavy atom. The Kier molecular flexibility index (Phi) is 4.17. The molecule has 1 aromatic heterocycles. The number of carbonyl (C=O) groups excluding carboxylic acids is 1. The molecule has 1 unspecified atom stereocenters. The van der Waals surface area contributed by atoms with E-state index in [1.54, 1.807) is 11.8 Å². The average Bonchev–Trinajstić information content (AvgIpc) is 2.88. The molecule has 0 radical (unpaired) electrons. The first-order valence-corrected chi connectivity index (χ1v) is 7.97. The molecule has 1 N–H and O–H groups in total. The van der Waals surface area contributed by atoms with E-state index in [-0.39, 0.29) is 12.1 Å². The fourth-order valence-corrected chi connectivity index (χ4v) is 2.76. The van der Waals surface area contributed by atoms with Gasteiger partial charge >= 0.3 is 6.03 Å². The fourth-order valence-electron chi connectivity index (χ4n) is 2.76. The first-order valence-electron chi connectivity index (χ1n) is 7.97. The van der Waals surface area contributed by atoms with E-state index in [0.717, 1.165) is 11.3 Å². The largest absolute Gasteiger partial charge is 0.486 e. The molecule has 128 valence electrons. The monoisotopic (exact) mass is 330 g/mol. The number of fused-ring (bicyclic) bond motifs is 1. The van der Waals surface area contributed by atoms with Crippen LogP contribution in [0.15, 0.2) is 28.8 Å². The van der Waals surface area contributed by atoms with Gasteiger partial charge in [-0.15, -0.1) is 0 Å². The standard InChI is InChI=1S/C17H22N4O3/c1-11(15-19-12(2)20-24-15)18-16(22)21-9-13-7-5-6-8-14(13)23-17(3,4)10-21/h5-8,11H,9-10H2,1-4H3,(H,18,22).